The van der Waals surface area contributed by atoms with Crippen LogP contribution in [0, 0.1) is 5.92 Å². The third-order valence-electron chi connectivity index (χ3n) is 4.53. The number of rotatable bonds is 6. The quantitative estimate of drug-likeness (QED) is 0.579. The van der Waals surface area contributed by atoms with Crippen LogP contribution in [0.1, 0.15) is 52.9 Å². The molecule has 0 spiro atoms. The zero-order valence-corrected chi connectivity index (χ0v) is 13.5. The highest BCUT2D eigenvalue weighted by Gasteiger charge is 2.23. The van der Waals surface area contributed by atoms with E-state index in [0.717, 1.165) is 37.6 Å². The zero-order chi connectivity index (χ0) is 14.4. The molecule has 0 aromatic rings. The first kappa shape index (κ1) is 15.6. The Hall–Kier alpha value is -0.770. The predicted octanol–water partition coefficient (Wildman–Crippen LogP) is 2.21. The third kappa shape index (κ3) is 4.97. The van der Waals surface area contributed by atoms with Gasteiger partial charge in [0.05, 0.1) is 6.54 Å². The molecule has 2 atom stereocenters. The van der Waals surface area contributed by atoms with Crippen molar-refractivity contribution in [2.75, 3.05) is 26.2 Å². The summed E-state index contributed by atoms with van der Waals surface area (Å²) in [6.45, 7) is 11.0. The van der Waals surface area contributed by atoms with Gasteiger partial charge in [-0.3, -0.25) is 9.89 Å². The summed E-state index contributed by atoms with van der Waals surface area (Å²) in [4.78, 5) is 7.40. The maximum atomic E-state index is 4.78. The molecule has 1 aliphatic heterocycles. The lowest BCUT2D eigenvalue weighted by atomic mass is 10.0. The van der Waals surface area contributed by atoms with Gasteiger partial charge in [0.2, 0.25) is 0 Å². The van der Waals surface area contributed by atoms with E-state index in [0.29, 0.717) is 6.04 Å². The largest absolute Gasteiger partial charge is 0.357 e. The fourth-order valence-electron chi connectivity index (χ4n) is 3.01. The zero-order valence-electron chi connectivity index (χ0n) is 13.5. The van der Waals surface area contributed by atoms with E-state index in [4.69, 9.17) is 4.99 Å². The van der Waals surface area contributed by atoms with Crippen molar-refractivity contribution in [1.29, 1.82) is 0 Å². The second kappa shape index (κ2) is 7.87. The molecule has 2 aliphatic rings. The molecule has 0 amide bonds. The predicted molar refractivity (Wildman–Crippen MR) is 86.2 cm³/mol. The minimum Gasteiger partial charge on any atom is -0.357 e. The Kier molecular flexibility index (Phi) is 6.14. The molecular formula is C16H32N4. The van der Waals surface area contributed by atoms with Crippen molar-refractivity contribution in [2.45, 2.75) is 65.0 Å². The number of guanidine groups is 1. The van der Waals surface area contributed by atoms with E-state index in [-0.39, 0.29) is 0 Å². The van der Waals surface area contributed by atoms with Crippen LogP contribution in [0.2, 0.25) is 0 Å². The number of likely N-dealkylation sites (tertiary alicyclic amines) is 1. The molecule has 0 bridgehead atoms. The third-order valence-corrected chi connectivity index (χ3v) is 4.53. The fraction of sp³-hybridized carbons (Fsp3) is 0.938. The van der Waals surface area contributed by atoms with E-state index in [9.17, 15) is 0 Å². The van der Waals surface area contributed by atoms with E-state index in [1.165, 1.54) is 38.6 Å². The Bertz CT molecular complexity index is 312. The Morgan fingerprint density at radius 3 is 2.70 bits per heavy atom. The number of piperidine rings is 1. The topological polar surface area (TPSA) is 39.7 Å². The number of nitrogens with one attached hydrogen (secondary N) is 2. The van der Waals surface area contributed by atoms with Gasteiger partial charge in [0.25, 0.3) is 0 Å². The summed E-state index contributed by atoms with van der Waals surface area (Å²) in [5, 5.41) is 6.83. The standard InChI is InChI=1S/C16H32N4/c1-4-17-16(19-12-15-8-9-15)18-11-14(3)20-10-6-5-7-13(20)2/h13-15H,4-12H2,1-3H3,(H2,17,18,19). The molecule has 0 aromatic heterocycles. The molecule has 0 aromatic carbocycles. The van der Waals surface area contributed by atoms with Gasteiger partial charge < -0.3 is 10.6 Å². The molecule has 1 heterocycles. The monoisotopic (exact) mass is 280 g/mol. The van der Waals surface area contributed by atoms with Crippen molar-refractivity contribution in [1.82, 2.24) is 15.5 Å². The van der Waals surface area contributed by atoms with Gasteiger partial charge >= 0.3 is 0 Å². The molecule has 20 heavy (non-hydrogen) atoms. The molecule has 2 unspecified atom stereocenters. The molecular weight excluding hydrogens is 248 g/mol. The Morgan fingerprint density at radius 1 is 1.25 bits per heavy atom. The van der Waals surface area contributed by atoms with Crippen molar-refractivity contribution in [3.63, 3.8) is 0 Å². The maximum absolute atomic E-state index is 4.78. The summed E-state index contributed by atoms with van der Waals surface area (Å²) in [6, 6.07) is 1.26. The van der Waals surface area contributed by atoms with Crippen LogP contribution in [-0.4, -0.2) is 49.1 Å². The van der Waals surface area contributed by atoms with Crippen molar-refractivity contribution in [3.8, 4) is 0 Å². The van der Waals surface area contributed by atoms with Crippen LogP contribution in [0.4, 0.5) is 0 Å². The smallest absolute Gasteiger partial charge is 0.191 e. The molecule has 116 valence electrons. The van der Waals surface area contributed by atoms with Gasteiger partial charge in [-0.15, -0.1) is 0 Å². The molecule has 2 fully saturated rings. The fourth-order valence-corrected chi connectivity index (χ4v) is 3.01. The van der Waals surface area contributed by atoms with Gasteiger partial charge in [-0.05, 0) is 58.9 Å². The Morgan fingerprint density at radius 2 is 2.05 bits per heavy atom. The van der Waals surface area contributed by atoms with Crippen LogP contribution in [-0.2, 0) is 0 Å². The van der Waals surface area contributed by atoms with Crippen LogP contribution >= 0.6 is 0 Å². The molecule has 1 saturated heterocycles. The van der Waals surface area contributed by atoms with Crippen molar-refractivity contribution >= 4 is 5.96 Å². The van der Waals surface area contributed by atoms with Crippen molar-refractivity contribution in [3.05, 3.63) is 0 Å². The summed E-state index contributed by atoms with van der Waals surface area (Å²) in [5.41, 5.74) is 0. The van der Waals surface area contributed by atoms with Crippen LogP contribution in [0.15, 0.2) is 4.99 Å². The van der Waals surface area contributed by atoms with Gasteiger partial charge in [0, 0.05) is 25.2 Å². The molecule has 4 nitrogen and oxygen atoms in total. The van der Waals surface area contributed by atoms with Gasteiger partial charge in [-0.25, -0.2) is 0 Å². The van der Waals surface area contributed by atoms with Crippen LogP contribution in [0.25, 0.3) is 0 Å². The van der Waals surface area contributed by atoms with E-state index < -0.39 is 0 Å². The maximum Gasteiger partial charge on any atom is 0.191 e. The number of hydrogen-bond donors (Lipinski definition) is 2. The van der Waals surface area contributed by atoms with Crippen molar-refractivity contribution < 1.29 is 0 Å². The molecule has 2 N–H and O–H groups in total. The van der Waals surface area contributed by atoms with E-state index in [1.54, 1.807) is 0 Å². The lowest BCUT2D eigenvalue weighted by Gasteiger charge is -2.37. The Labute approximate surface area is 124 Å². The minimum atomic E-state index is 0.543. The molecule has 1 saturated carbocycles. The van der Waals surface area contributed by atoms with Crippen LogP contribution in [0.5, 0.6) is 0 Å². The number of aliphatic imine (C=N–C) groups is 1. The first-order valence-electron chi connectivity index (χ1n) is 8.48. The normalized spacial score (nSPS) is 26.4. The average Bonchev–Trinajstić information content (AvgIpc) is 3.26. The van der Waals surface area contributed by atoms with E-state index in [2.05, 4.69) is 36.3 Å². The lowest BCUT2D eigenvalue weighted by molar-refractivity contribution is 0.118. The SMILES string of the molecule is CCNC(=NCC(C)N1CCCCC1C)NCC1CC1. The van der Waals surface area contributed by atoms with Gasteiger partial charge in [0.15, 0.2) is 5.96 Å². The Balaban J connectivity index is 1.79. The van der Waals surface area contributed by atoms with Crippen molar-refractivity contribution in [2.24, 2.45) is 10.9 Å². The highest BCUT2D eigenvalue weighted by Crippen LogP contribution is 2.27. The summed E-state index contributed by atoms with van der Waals surface area (Å²) >= 11 is 0. The molecule has 2 rings (SSSR count). The van der Waals surface area contributed by atoms with Gasteiger partial charge in [-0.1, -0.05) is 6.42 Å². The number of nitrogens with zero attached hydrogens (tertiary/aromatic N) is 2. The van der Waals surface area contributed by atoms with Crippen LogP contribution in [0.3, 0.4) is 0 Å². The summed E-state index contributed by atoms with van der Waals surface area (Å²) in [5.74, 6) is 1.88. The van der Waals surface area contributed by atoms with Gasteiger partial charge in [0.1, 0.15) is 0 Å². The number of hydrogen-bond acceptors (Lipinski definition) is 2. The highest BCUT2D eigenvalue weighted by molar-refractivity contribution is 5.79. The van der Waals surface area contributed by atoms with E-state index in [1.807, 2.05) is 0 Å². The average molecular weight is 280 g/mol. The first-order chi connectivity index (χ1) is 9.70. The summed E-state index contributed by atoms with van der Waals surface area (Å²) in [7, 11) is 0. The van der Waals surface area contributed by atoms with E-state index >= 15 is 0 Å². The summed E-state index contributed by atoms with van der Waals surface area (Å²) < 4.78 is 0. The molecule has 1 aliphatic carbocycles. The highest BCUT2D eigenvalue weighted by atomic mass is 15.2. The second-order valence-electron chi connectivity index (χ2n) is 6.48. The van der Waals surface area contributed by atoms with Gasteiger partial charge in [-0.2, -0.15) is 0 Å². The van der Waals surface area contributed by atoms with Crippen LogP contribution < -0.4 is 10.6 Å². The molecule has 4 heteroatoms. The first-order valence-corrected chi connectivity index (χ1v) is 8.48. The lowest BCUT2D eigenvalue weighted by Crippen LogP contribution is -2.45. The minimum absolute atomic E-state index is 0.543. The summed E-state index contributed by atoms with van der Waals surface area (Å²) in [6.07, 6.45) is 6.84. The second-order valence-corrected chi connectivity index (χ2v) is 6.48. The molecule has 0 radical (unpaired) electrons.